The number of amides is 2. The minimum Gasteiger partial charge on any atom is -0.497 e. The predicted molar refractivity (Wildman–Crippen MR) is 155 cm³/mol. The molecule has 0 bridgehead atoms. The molecule has 3 aromatic carbocycles. The summed E-state index contributed by atoms with van der Waals surface area (Å²) in [6, 6.07) is 19.0. The van der Waals surface area contributed by atoms with E-state index in [1.54, 1.807) is 31.4 Å². The fraction of sp³-hybridized carbons (Fsp3) is 0.355. The van der Waals surface area contributed by atoms with Gasteiger partial charge in [0.1, 0.15) is 11.5 Å². The molecule has 5 rings (SSSR count). The molecule has 2 aliphatic heterocycles. The summed E-state index contributed by atoms with van der Waals surface area (Å²) in [5.74, 6) is 0.497. The Morgan fingerprint density at radius 2 is 1.68 bits per heavy atom. The Morgan fingerprint density at radius 3 is 2.45 bits per heavy atom. The molecule has 0 atom stereocenters. The average molecular weight is 545 g/mol. The molecule has 9 heteroatoms. The molecule has 2 heterocycles. The summed E-state index contributed by atoms with van der Waals surface area (Å²) in [5, 5.41) is 6.03. The van der Waals surface area contributed by atoms with Crippen molar-refractivity contribution in [3.63, 3.8) is 0 Å². The molecule has 2 aliphatic rings. The number of rotatable bonds is 9. The largest absolute Gasteiger partial charge is 0.497 e. The molecule has 9 nitrogen and oxygen atoms in total. The van der Waals surface area contributed by atoms with E-state index in [0.717, 1.165) is 58.0 Å². The summed E-state index contributed by atoms with van der Waals surface area (Å²) in [6.45, 7) is 5.98. The highest BCUT2D eigenvalue weighted by molar-refractivity contribution is 6.08. The number of hydrogen-bond donors (Lipinski definition) is 2. The van der Waals surface area contributed by atoms with Crippen molar-refractivity contribution in [3.8, 4) is 11.5 Å². The number of nitrogens with one attached hydrogen (secondary N) is 2. The van der Waals surface area contributed by atoms with E-state index in [4.69, 9.17) is 14.2 Å². The van der Waals surface area contributed by atoms with Crippen LogP contribution in [-0.2, 0) is 17.7 Å². The van der Waals surface area contributed by atoms with Gasteiger partial charge in [0.15, 0.2) is 0 Å². The topological polar surface area (TPSA) is 92.4 Å². The zero-order chi connectivity index (χ0) is 27.9. The second-order valence-corrected chi connectivity index (χ2v) is 9.90. The van der Waals surface area contributed by atoms with E-state index >= 15 is 0 Å². The molecule has 210 valence electrons. The highest BCUT2D eigenvalue weighted by Gasteiger charge is 2.23. The molecule has 0 unspecified atom stereocenters. The van der Waals surface area contributed by atoms with E-state index in [1.165, 1.54) is 18.2 Å². The van der Waals surface area contributed by atoms with Crippen molar-refractivity contribution in [1.29, 1.82) is 0 Å². The third kappa shape index (κ3) is 6.38. The molecule has 0 aromatic heterocycles. The van der Waals surface area contributed by atoms with Gasteiger partial charge in [-0.05, 0) is 47.9 Å². The van der Waals surface area contributed by atoms with Gasteiger partial charge in [-0.1, -0.05) is 24.3 Å². The maximum absolute atomic E-state index is 13.5. The summed E-state index contributed by atoms with van der Waals surface area (Å²) in [6.07, 6.45) is 0.907. The van der Waals surface area contributed by atoms with Crippen LogP contribution < -0.4 is 25.0 Å². The summed E-state index contributed by atoms with van der Waals surface area (Å²) in [7, 11) is 3.07. The zero-order valence-electron chi connectivity index (χ0n) is 23.1. The number of methoxy groups -OCH3 is 2. The molecule has 2 amide bonds. The van der Waals surface area contributed by atoms with E-state index in [9.17, 15) is 9.59 Å². The van der Waals surface area contributed by atoms with Gasteiger partial charge >= 0.3 is 0 Å². The predicted octanol–water partition coefficient (Wildman–Crippen LogP) is 3.58. The number of morpholine rings is 1. The van der Waals surface area contributed by atoms with Crippen LogP contribution >= 0.6 is 0 Å². The average Bonchev–Trinajstić information content (AvgIpc) is 3.00. The number of carbonyl (C=O) groups is 2. The lowest BCUT2D eigenvalue weighted by Crippen LogP contribution is -2.41. The van der Waals surface area contributed by atoms with Crippen LogP contribution in [0.4, 0.5) is 11.4 Å². The van der Waals surface area contributed by atoms with Crippen LogP contribution in [0.25, 0.3) is 0 Å². The molecule has 0 aliphatic carbocycles. The van der Waals surface area contributed by atoms with E-state index in [1.807, 2.05) is 18.2 Å². The Balaban J connectivity index is 1.37. The fourth-order valence-corrected chi connectivity index (χ4v) is 5.20. The van der Waals surface area contributed by atoms with Gasteiger partial charge in [-0.15, -0.1) is 0 Å². The van der Waals surface area contributed by atoms with Crippen LogP contribution in [0.5, 0.6) is 11.5 Å². The SMILES string of the molecule is COc1ccc(C(=O)Nc2ccc(N3CCc4ccccc4C3)c(C(=O)NCCN3CCOCC3)c2)c(OC)c1. The maximum Gasteiger partial charge on any atom is 0.259 e. The van der Waals surface area contributed by atoms with Crippen molar-refractivity contribution < 1.29 is 23.8 Å². The number of anilines is 2. The fourth-order valence-electron chi connectivity index (χ4n) is 5.20. The van der Waals surface area contributed by atoms with Gasteiger partial charge in [-0.25, -0.2) is 0 Å². The van der Waals surface area contributed by atoms with E-state index in [-0.39, 0.29) is 11.8 Å². The summed E-state index contributed by atoms with van der Waals surface area (Å²) < 4.78 is 16.1. The number of benzene rings is 3. The summed E-state index contributed by atoms with van der Waals surface area (Å²) in [5.41, 5.74) is 4.88. The van der Waals surface area contributed by atoms with Gasteiger partial charge in [0.2, 0.25) is 0 Å². The van der Waals surface area contributed by atoms with Gasteiger partial charge in [0.05, 0.1) is 38.6 Å². The second kappa shape index (κ2) is 12.8. The van der Waals surface area contributed by atoms with Gasteiger partial charge < -0.3 is 29.7 Å². The Kier molecular flexibility index (Phi) is 8.83. The first-order valence-corrected chi connectivity index (χ1v) is 13.6. The molecule has 40 heavy (non-hydrogen) atoms. The quantitative estimate of drug-likeness (QED) is 0.426. The van der Waals surface area contributed by atoms with E-state index in [2.05, 4.69) is 38.6 Å². The molecule has 0 spiro atoms. The van der Waals surface area contributed by atoms with Crippen molar-refractivity contribution in [2.75, 3.05) is 70.4 Å². The normalized spacial score (nSPS) is 15.2. The third-order valence-electron chi connectivity index (χ3n) is 7.44. The highest BCUT2D eigenvalue weighted by atomic mass is 16.5. The smallest absolute Gasteiger partial charge is 0.259 e. The standard InChI is InChI=1S/C31H36N4O5/c1-38-25-8-9-26(29(20-25)39-2)31(37)33-24-7-10-28(35-13-11-22-5-3-4-6-23(22)21-35)27(19-24)30(36)32-12-14-34-15-17-40-18-16-34/h3-10,19-20H,11-18,21H2,1-2H3,(H,32,36)(H,33,37). The molecule has 0 radical (unpaired) electrons. The Labute approximate surface area is 235 Å². The van der Waals surface area contributed by atoms with Crippen molar-refractivity contribution in [2.24, 2.45) is 0 Å². The molecular formula is C31H36N4O5. The Bertz CT molecular complexity index is 1360. The van der Waals surface area contributed by atoms with Crippen molar-refractivity contribution in [1.82, 2.24) is 10.2 Å². The van der Waals surface area contributed by atoms with E-state index in [0.29, 0.717) is 34.9 Å². The van der Waals surface area contributed by atoms with Crippen LogP contribution in [0.1, 0.15) is 31.8 Å². The lowest BCUT2D eigenvalue weighted by atomic mass is 9.98. The first-order chi connectivity index (χ1) is 19.6. The first-order valence-electron chi connectivity index (χ1n) is 13.6. The van der Waals surface area contributed by atoms with Gasteiger partial charge in [0.25, 0.3) is 11.8 Å². The Morgan fingerprint density at radius 1 is 0.875 bits per heavy atom. The van der Waals surface area contributed by atoms with Crippen LogP contribution in [0.3, 0.4) is 0 Å². The van der Waals surface area contributed by atoms with Gasteiger partial charge in [-0.3, -0.25) is 14.5 Å². The van der Waals surface area contributed by atoms with Crippen LogP contribution in [0.2, 0.25) is 0 Å². The van der Waals surface area contributed by atoms with Crippen LogP contribution in [0.15, 0.2) is 60.7 Å². The molecule has 2 N–H and O–H groups in total. The maximum atomic E-state index is 13.5. The minimum atomic E-state index is -0.335. The van der Waals surface area contributed by atoms with Crippen molar-refractivity contribution >= 4 is 23.2 Å². The Hall–Kier alpha value is -4.08. The lowest BCUT2D eigenvalue weighted by Gasteiger charge is -2.32. The van der Waals surface area contributed by atoms with Gasteiger partial charge in [0, 0.05) is 56.7 Å². The molecular weight excluding hydrogens is 508 g/mol. The van der Waals surface area contributed by atoms with Gasteiger partial charge in [-0.2, -0.15) is 0 Å². The lowest BCUT2D eigenvalue weighted by molar-refractivity contribution is 0.0383. The first kappa shape index (κ1) is 27.5. The van der Waals surface area contributed by atoms with Crippen molar-refractivity contribution in [3.05, 3.63) is 82.9 Å². The zero-order valence-corrected chi connectivity index (χ0v) is 23.1. The molecule has 1 fully saturated rings. The minimum absolute atomic E-state index is 0.166. The number of carbonyl (C=O) groups excluding carboxylic acids is 2. The highest BCUT2D eigenvalue weighted by Crippen LogP contribution is 2.31. The number of ether oxygens (including phenoxy) is 3. The summed E-state index contributed by atoms with van der Waals surface area (Å²) >= 11 is 0. The van der Waals surface area contributed by atoms with Crippen LogP contribution in [0, 0.1) is 0 Å². The van der Waals surface area contributed by atoms with Crippen LogP contribution in [-0.4, -0.2) is 76.9 Å². The molecule has 3 aromatic rings. The number of nitrogens with zero attached hydrogens (tertiary/aromatic N) is 2. The monoisotopic (exact) mass is 544 g/mol. The molecule has 1 saturated heterocycles. The number of fused-ring (bicyclic) bond motifs is 1. The second-order valence-electron chi connectivity index (χ2n) is 9.90. The summed E-state index contributed by atoms with van der Waals surface area (Å²) in [4.78, 5) is 31.3. The van der Waals surface area contributed by atoms with Crippen molar-refractivity contribution in [2.45, 2.75) is 13.0 Å². The van der Waals surface area contributed by atoms with E-state index < -0.39 is 0 Å². The number of hydrogen-bond acceptors (Lipinski definition) is 7. The third-order valence-corrected chi connectivity index (χ3v) is 7.44. The molecule has 0 saturated carbocycles.